The van der Waals surface area contributed by atoms with Crippen LogP contribution in [0, 0.1) is 12.3 Å². The molecule has 0 radical (unpaired) electrons. The van der Waals surface area contributed by atoms with Crippen LogP contribution in [-0.2, 0) is 30.3 Å². The Labute approximate surface area is 232 Å². The van der Waals surface area contributed by atoms with Gasteiger partial charge in [-0.2, -0.15) is 0 Å². The van der Waals surface area contributed by atoms with Gasteiger partial charge in [-0.1, -0.05) is 11.6 Å². The first-order valence-electron chi connectivity index (χ1n) is 12.5. The van der Waals surface area contributed by atoms with E-state index in [-0.39, 0.29) is 43.8 Å². The maximum absolute atomic E-state index is 13.4. The lowest BCUT2D eigenvalue weighted by Gasteiger charge is -2.20. The zero-order valence-electron chi connectivity index (χ0n) is 22.8. The molecule has 3 rings (SSSR count). The number of rotatable bonds is 11. The fourth-order valence-corrected chi connectivity index (χ4v) is 4.37. The summed E-state index contributed by atoms with van der Waals surface area (Å²) in [6, 6.07) is 11.9. The Morgan fingerprint density at radius 1 is 1.03 bits per heavy atom. The first-order valence-corrected chi connectivity index (χ1v) is 12.8. The van der Waals surface area contributed by atoms with E-state index in [1.54, 1.807) is 74.9 Å². The number of hydrogen-bond acceptors (Lipinski definition) is 7. The third-order valence-electron chi connectivity index (χ3n) is 6.56. The normalized spacial score (nSPS) is 11.2. The molecule has 1 aromatic heterocycles. The number of halogens is 1. The second-order valence-electron chi connectivity index (χ2n) is 9.72. The van der Waals surface area contributed by atoms with Gasteiger partial charge in [-0.3, -0.25) is 23.7 Å². The number of benzene rings is 2. The maximum Gasteiger partial charge on any atom is 0.311 e. The molecule has 2 aromatic carbocycles. The second kappa shape index (κ2) is 12.8. The standard InChI is InChI=1S/C29H33ClN2O7/c1-18-22(17-26(34)39-15-14-31-25(33)12-13-29(2,3)28(36)38-5)23-16-21(37-4)10-11-24(23)32(18)27(35)19-6-8-20(30)9-7-19/h6-11,16H,12-15,17H2,1-5H3,(H,31,33). The van der Waals surface area contributed by atoms with Crippen LogP contribution < -0.4 is 10.1 Å². The average Bonchev–Trinajstić information content (AvgIpc) is 3.19. The molecular formula is C29H33ClN2O7. The summed E-state index contributed by atoms with van der Waals surface area (Å²) >= 11 is 5.98. The van der Waals surface area contributed by atoms with Crippen molar-refractivity contribution in [1.29, 1.82) is 0 Å². The van der Waals surface area contributed by atoms with E-state index >= 15 is 0 Å². The van der Waals surface area contributed by atoms with Gasteiger partial charge >= 0.3 is 11.9 Å². The van der Waals surface area contributed by atoms with E-state index in [0.717, 1.165) is 0 Å². The van der Waals surface area contributed by atoms with Gasteiger partial charge in [-0.25, -0.2) is 0 Å². The van der Waals surface area contributed by atoms with Crippen molar-refractivity contribution < 1.29 is 33.4 Å². The predicted molar refractivity (Wildman–Crippen MR) is 147 cm³/mol. The average molecular weight is 557 g/mol. The Balaban J connectivity index is 1.67. The monoisotopic (exact) mass is 556 g/mol. The molecule has 10 heteroatoms. The van der Waals surface area contributed by atoms with Crippen LogP contribution in [0.2, 0.25) is 5.02 Å². The van der Waals surface area contributed by atoms with Crippen molar-refractivity contribution in [3.05, 3.63) is 64.3 Å². The largest absolute Gasteiger partial charge is 0.497 e. The van der Waals surface area contributed by atoms with E-state index in [4.69, 9.17) is 25.8 Å². The highest BCUT2D eigenvalue weighted by molar-refractivity contribution is 6.30. The Kier molecular flexibility index (Phi) is 9.75. The van der Waals surface area contributed by atoms with Crippen LogP contribution in [0.1, 0.15) is 48.3 Å². The molecule has 0 atom stereocenters. The number of hydrogen-bond donors (Lipinski definition) is 1. The van der Waals surface area contributed by atoms with Crippen LogP contribution in [0.15, 0.2) is 42.5 Å². The number of methoxy groups -OCH3 is 2. The molecule has 0 saturated carbocycles. The van der Waals surface area contributed by atoms with E-state index in [0.29, 0.717) is 44.9 Å². The van der Waals surface area contributed by atoms with Gasteiger partial charge in [0.15, 0.2) is 0 Å². The van der Waals surface area contributed by atoms with Crippen LogP contribution in [0.5, 0.6) is 5.75 Å². The highest BCUT2D eigenvalue weighted by Gasteiger charge is 2.29. The van der Waals surface area contributed by atoms with Crippen molar-refractivity contribution in [2.75, 3.05) is 27.4 Å². The number of carbonyl (C=O) groups excluding carboxylic acids is 4. The summed E-state index contributed by atoms with van der Waals surface area (Å²) in [4.78, 5) is 50.0. The lowest BCUT2D eigenvalue weighted by Crippen LogP contribution is -2.31. The minimum absolute atomic E-state index is 0.0182. The van der Waals surface area contributed by atoms with Crippen LogP contribution >= 0.6 is 11.6 Å². The number of fused-ring (bicyclic) bond motifs is 1. The predicted octanol–water partition coefficient (Wildman–Crippen LogP) is 4.48. The number of nitrogens with zero attached hydrogens (tertiary/aromatic N) is 1. The van der Waals surface area contributed by atoms with Crippen molar-refractivity contribution in [3.8, 4) is 5.75 Å². The minimum Gasteiger partial charge on any atom is -0.497 e. The SMILES string of the molecule is COC(=O)C(C)(C)CCC(=O)NCCOC(=O)Cc1c(C)n(C(=O)c2ccc(Cl)cc2)c2ccc(OC)cc12. The van der Waals surface area contributed by atoms with Crippen molar-refractivity contribution in [2.24, 2.45) is 5.41 Å². The Morgan fingerprint density at radius 3 is 2.36 bits per heavy atom. The molecule has 0 saturated heterocycles. The highest BCUT2D eigenvalue weighted by atomic mass is 35.5. The van der Waals surface area contributed by atoms with Crippen LogP contribution in [0.25, 0.3) is 10.9 Å². The molecule has 1 amide bonds. The van der Waals surface area contributed by atoms with Crippen molar-refractivity contribution in [3.63, 3.8) is 0 Å². The summed E-state index contributed by atoms with van der Waals surface area (Å²) in [6.45, 7) is 5.32. The Bertz CT molecular complexity index is 1380. The van der Waals surface area contributed by atoms with Gasteiger partial charge in [0.05, 0.1) is 38.1 Å². The van der Waals surface area contributed by atoms with E-state index in [1.807, 2.05) is 0 Å². The molecule has 1 heterocycles. The number of ether oxygens (including phenoxy) is 3. The molecule has 208 valence electrons. The third kappa shape index (κ3) is 7.17. The summed E-state index contributed by atoms with van der Waals surface area (Å²) in [6.07, 6.45) is 0.392. The molecule has 0 aliphatic rings. The zero-order valence-corrected chi connectivity index (χ0v) is 23.5. The molecule has 0 spiro atoms. The maximum atomic E-state index is 13.4. The number of amides is 1. The summed E-state index contributed by atoms with van der Waals surface area (Å²) in [5.41, 5.74) is 1.57. The van der Waals surface area contributed by atoms with Crippen LogP contribution in [-0.4, -0.2) is 55.7 Å². The Morgan fingerprint density at radius 2 is 1.72 bits per heavy atom. The molecule has 0 aliphatic carbocycles. The van der Waals surface area contributed by atoms with Crippen molar-refractivity contribution >= 4 is 46.3 Å². The fourth-order valence-electron chi connectivity index (χ4n) is 4.24. The quantitative estimate of drug-likeness (QED) is 0.273. The second-order valence-corrected chi connectivity index (χ2v) is 10.2. The van der Waals surface area contributed by atoms with Gasteiger partial charge in [0.25, 0.3) is 5.91 Å². The minimum atomic E-state index is -0.771. The molecule has 3 aromatic rings. The number of aromatic nitrogens is 1. The molecule has 0 bridgehead atoms. The van der Waals surface area contributed by atoms with Crippen molar-refractivity contribution in [1.82, 2.24) is 9.88 Å². The van der Waals surface area contributed by atoms with Crippen LogP contribution in [0.3, 0.4) is 0 Å². The molecule has 0 unspecified atom stereocenters. The van der Waals surface area contributed by atoms with E-state index in [1.165, 1.54) is 7.11 Å². The summed E-state index contributed by atoms with van der Waals surface area (Å²) in [5, 5.41) is 3.91. The third-order valence-corrected chi connectivity index (χ3v) is 6.81. The zero-order chi connectivity index (χ0) is 28.7. The molecular weight excluding hydrogens is 524 g/mol. The summed E-state index contributed by atoms with van der Waals surface area (Å²) in [7, 11) is 2.86. The van der Waals surface area contributed by atoms with E-state index in [9.17, 15) is 19.2 Å². The van der Waals surface area contributed by atoms with Gasteiger partial charge in [0.2, 0.25) is 5.91 Å². The van der Waals surface area contributed by atoms with Gasteiger partial charge < -0.3 is 19.5 Å². The highest BCUT2D eigenvalue weighted by Crippen LogP contribution is 2.31. The Hall–Kier alpha value is -3.85. The van der Waals surface area contributed by atoms with Gasteiger partial charge in [-0.05, 0) is 75.2 Å². The molecule has 1 N–H and O–H groups in total. The lowest BCUT2D eigenvalue weighted by atomic mass is 9.88. The molecule has 39 heavy (non-hydrogen) atoms. The van der Waals surface area contributed by atoms with E-state index < -0.39 is 11.4 Å². The summed E-state index contributed by atoms with van der Waals surface area (Å²) in [5.74, 6) is -0.800. The lowest BCUT2D eigenvalue weighted by molar-refractivity contribution is -0.151. The van der Waals surface area contributed by atoms with E-state index in [2.05, 4.69) is 5.32 Å². The first kappa shape index (κ1) is 29.7. The number of carbonyl (C=O) groups is 4. The summed E-state index contributed by atoms with van der Waals surface area (Å²) < 4.78 is 17.0. The molecule has 0 aliphatic heterocycles. The van der Waals surface area contributed by atoms with Gasteiger partial charge in [0, 0.05) is 28.1 Å². The smallest absolute Gasteiger partial charge is 0.311 e. The fraction of sp³-hybridized carbons (Fsp3) is 0.379. The number of nitrogens with one attached hydrogen (secondary N) is 1. The topological polar surface area (TPSA) is 113 Å². The number of esters is 2. The van der Waals surface area contributed by atoms with Gasteiger partial charge in [-0.15, -0.1) is 0 Å². The van der Waals surface area contributed by atoms with Crippen molar-refractivity contribution in [2.45, 2.75) is 40.0 Å². The van der Waals surface area contributed by atoms with Crippen LogP contribution in [0.4, 0.5) is 0 Å². The molecule has 9 nitrogen and oxygen atoms in total. The van der Waals surface area contributed by atoms with Gasteiger partial charge in [0.1, 0.15) is 12.4 Å². The molecule has 0 fully saturated rings. The first-order chi connectivity index (χ1) is 18.5.